The lowest BCUT2D eigenvalue weighted by atomic mass is 9.50. The third kappa shape index (κ3) is 2.81. The quantitative estimate of drug-likeness (QED) is 0.422. The first-order valence-electron chi connectivity index (χ1n) is 11.1. The molecule has 33 heavy (non-hydrogen) atoms. The van der Waals surface area contributed by atoms with E-state index in [1.807, 2.05) is 19.9 Å². The molecule has 6 rings (SSSR count). The van der Waals surface area contributed by atoms with Crippen molar-refractivity contribution in [2.45, 2.75) is 63.3 Å². The zero-order valence-electron chi connectivity index (χ0n) is 18.4. The lowest BCUT2D eigenvalue weighted by molar-refractivity contribution is -0.171. The molecule has 0 radical (unpaired) electrons. The number of aromatic hydroxyl groups is 2. The lowest BCUT2D eigenvalue weighted by Crippen LogP contribution is -2.56. The Morgan fingerprint density at radius 3 is 2.61 bits per heavy atom. The van der Waals surface area contributed by atoms with Crippen LogP contribution in [0, 0.1) is 16.7 Å². The molecular formula is C24H27NO8. The number of ether oxygens (including phenoxy) is 1. The van der Waals surface area contributed by atoms with Gasteiger partial charge in [0.05, 0.1) is 17.3 Å². The Bertz CT molecular complexity index is 1110. The maximum atomic E-state index is 13.1. The molecule has 1 aromatic rings. The minimum atomic E-state index is -1.40. The SMILES string of the molecule is C[C@@]1(CCC(=O)Nc2c(O)ccc(C(=O)O)c2O)C(=O)C=C[C@]23C[C@@]4(O)C[C@H](O[C@@]4(C)C2)C31. The molecule has 6 atom stereocenters. The minimum Gasteiger partial charge on any atom is -0.506 e. The second-order valence-corrected chi connectivity index (χ2v) is 10.5. The van der Waals surface area contributed by atoms with Crippen LogP contribution in [0.3, 0.4) is 0 Å². The van der Waals surface area contributed by atoms with Crippen LogP contribution in [-0.4, -0.2) is 55.4 Å². The number of hydrogen-bond donors (Lipinski definition) is 5. The van der Waals surface area contributed by atoms with Crippen LogP contribution in [0.2, 0.25) is 0 Å². The van der Waals surface area contributed by atoms with Gasteiger partial charge in [-0.3, -0.25) is 9.59 Å². The van der Waals surface area contributed by atoms with Crippen molar-refractivity contribution in [2.24, 2.45) is 16.7 Å². The summed E-state index contributed by atoms with van der Waals surface area (Å²) in [5.41, 5.74) is -3.64. The van der Waals surface area contributed by atoms with Crippen molar-refractivity contribution in [3.05, 3.63) is 29.8 Å². The Morgan fingerprint density at radius 1 is 1.21 bits per heavy atom. The number of hydrogen-bond acceptors (Lipinski definition) is 7. The van der Waals surface area contributed by atoms with Crippen molar-refractivity contribution in [1.82, 2.24) is 0 Å². The number of ketones is 1. The van der Waals surface area contributed by atoms with Crippen LogP contribution >= 0.6 is 0 Å². The van der Waals surface area contributed by atoms with Crippen LogP contribution in [0.5, 0.6) is 11.5 Å². The molecule has 1 amide bonds. The number of allylic oxidation sites excluding steroid dienone is 2. The van der Waals surface area contributed by atoms with E-state index in [4.69, 9.17) is 9.84 Å². The largest absolute Gasteiger partial charge is 0.506 e. The third-order valence-corrected chi connectivity index (χ3v) is 8.55. The fourth-order valence-corrected chi connectivity index (χ4v) is 7.09. The Kier molecular flexibility index (Phi) is 4.36. The van der Waals surface area contributed by atoms with Crippen LogP contribution in [0.4, 0.5) is 5.69 Å². The monoisotopic (exact) mass is 457 g/mol. The molecule has 2 heterocycles. The summed E-state index contributed by atoms with van der Waals surface area (Å²) in [5.74, 6) is -3.45. The van der Waals surface area contributed by atoms with Gasteiger partial charge in [0.1, 0.15) is 17.0 Å². The second kappa shape index (κ2) is 6.57. The van der Waals surface area contributed by atoms with Gasteiger partial charge in [-0.1, -0.05) is 13.0 Å². The number of phenols is 2. The van der Waals surface area contributed by atoms with Crippen molar-refractivity contribution >= 4 is 23.3 Å². The Balaban J connectivity index is 1.37. The van der Waals surface area contributed by atoms with E-state index in [9.17, 15) is 29.7 Å². The molecular weight excluding hydrogens is 430 g/mol. The number of anilines is 1. The number of rotatable bonds is 5. The molecule has 4 fully saturated rings. The maximum Gasteiger partial charge on any atom is 0.339 e. The van der Waals surface area contributed by atoms with E-state index in [-0.39, 0.29) is 41.7 Å². The molecule has 2 saturated heterocycles. The first kappa shape index (κ1) is 21.9. The highest BCUT2D eigenvalue weighted by molar-refractivity contribution is 6.00. The van der Waals surface area contributed by atoms with Crippen molar-refractivity contribution in [2.75, 3.05) is 5.32 Å². The smallest absolute Gasteiger partial charge is 0.339 e. The molecule has 176 valence electrons. The van der Waals surface area contributed by atoms with Crippen molar-refractivity contribution in [1.29, 1.82) is 0 Å². The van der Waals surface area contributed by atoms with Crippen molar-refractivity contribution < 1.29 is 39.5 Å². The van der Waals surface area contributed by atoms with Crippen LogP contribution in [0.1, 0.15) is 56.3 Å². The number of nitrogens with one attached hydrogen (secondary N) is 1. The Hall–Kier alpha value is -2.91. The van der Waals surface area contributed by atoms with Crippen LogP contribution in [0.25, 0.3) is 0 Å². The summed E-state index contributed by atoms with van der Waals surface area (Å²) in [6.45, 7) is 3.76. The maximum absolute atomic E-state index is 13.1. The molecule has 0 aromatic heterocycles. The molecule has 3 aliphatic carbocycles. The molecule has 4 bridgehead atoms. The molecule has 9 nitrogen and oxygen atoms in total. The second-order valence-electron chi connectivity index (χ2n) is 10.5. The van der Waals surface area contributed by atoms with E-state index in [1.165, 1.54) is 0 Å². The van der Waals surface area contributed by atoms with E-state index >= 15 is 0 Å². The number of phenolic OH excluding ortho intramolecular Hbond substituents is 1. The summed E-state index contributed by atoms with van der Waals surface area (Å²) in [6.07, 6.45) is 4.92. The normalized spacial score (nSPS) is 40.2. The summed E-state index contributed by atoms with van der Waals surface area (Å²) < 4.78 is 6.26. The minimum absolute atomic E-state index is 0.0902. The van der Waals surface area contributed by atoms with Gasteiger partial charge in [-0.2, -0.15) is 0 Å². The van der Waals surface area contributed by atoms with Gasteiger partial charge in [-0.05, 0) is 44.4 Å². The van der Waals surface area contributed by atoms with Crippen LogP contribution in [0.15, 0.2) is 24.3 Å². The van der Waals surface area contributed by atoms with E-state index in [1.54, 1.807) is 6.08 Å². The number of benzene rings is 1. The average Bonchev–Trinajstić information content (AvgIpc) is 3.01. The molecule has 5 aliphatic rings. The van der Waals surface area contributed by atoms with Gasteiger partial charge >= 0.3 is 5.97 Å². The standard InChI is InChI=1S/C24H27NO8/c1-21(7-6-16(28)25-17-13(26)4-3-12(18(17)29)20(30)31)15(27)5-8-23-10-22(2)24(32,11-23)9-14(33-22)19(21)23/h3-5,8,14,19,26,29,32H,6-7,9-11H2,1-2H3,(H,25,28)(H,30,31)/t14-,19?,21+,22-,23+,24-/m0/s1. The number of amides is 1. The third-order valence-electron chi connectivity index (χ3n) is 8.55. The highest BCUT2D eigenvalue weighted by atomic mass is 16.5. The van der Waals surface area contributed by atoms with E-state index in [0.29, 0.717) is 19.3 Å². The number of carbonyl (C=O) groups excluding carboxylic acids is 2. The summed E-state index contributed by atoms with van der Waals surface area (Å²) >= 11 is 0. The van der Waals surface area contributed by atoms with Gasteiger partial charge in [0.2, 0.25) is 5.91 Å². The zero-order chi connectivity index (χ0) is 24.0. The van der Waals surface area contributed by atoms with Gasteiger partial charge in [-0.25, -0.2) is 4.79 Å². The van der Waals surface area contributed by atoms with Gasteiger partial charge in [0.15, 0.2) is 11.5 Å². The topological polar surface area (TPSA) is 153 Å². The number of aromatic carboxylic acids is 1. The number of carbonyl (C=O) groups is 3. The Morgan fingerprint density at radius 2 is 1.94 bits per heavy atom. The van der Waals surface area contributed by atoms with Gasteiger partial charge in [0.25, 0.3) is 0 Å². The molecule has 1 aromatic carbocycles. The molecule has 5 N–H and O–H groups in total. The van der Waals surface area contributed by atoms with Gasteiger partial charge in [0, 0.05) is 29.6 Å². The van der Waals surface area contributed by atoms with Crippen LogP contribution < -0.4 is 5.32 Å². The van der Waals surface area contributed by atoms with E-state index < -0.39 is 45.6 Å². The van der Waals surface area contributed by atoms with E-state index in [0.717, 1.165) is 12.1 Å². The van der Waals surface area contributed by atoms with Crippen molar-refractivity contribution in [3.63, 3.8) is 0 Å². The summed E-state index contributed by atoms with van der Waals surface area (Å²) in [5, 5.41) is 42.8. The molecule has 9 heteroatoms. The summed E-state index contributed by atoms with van der Waals surface area (Å²) in [4.78, 5) is 37.0. The molecule has 1 spiro atoms. The number of carboxylic acids is 1. The first-order valence-corrected chi connectivity index (χ1v) is 11.1. The van der Waals surface area contributed by atoms with Crippen LogP contribution in [-0.2, 0) is 14.3 Å². The molecule has 2 saturated carbocycles. The fourth-order valence-electron chi connectivity index (χ4n) is 7.09. The molecule has 1 unspecified atom stereocenters. The Labute approximate surface area is 190 Å². The number of aliphatic hydroxyl groups is 1. The predicted molar refractivity (Wildman–Crippen MR) is 115 cm³/mol. The highest BCUT2D eigenvalue weighted by Gasteiger charge is 2.77. The molecule has 2 aliphatic heterocycles. The lowest BCUT2D eigenvalue weighted by Gasteiger charge is -2.55. The fraction of sp³-hybridized carbons (Fsp3) is 0.542. The summed E-state index contributed by atoms with van der Waals surface area (Å²) in [7, 11) is 0. The van der Waals surface area contributed by atoms with Gasteiger partial charge in [-0.15, -0.1) is 0 Å². The number of carboxylic acid groups (broad SMARTS) is 1. The first-order chi connectivity index (χ1) is 15.3. The zero-order valence-corrected chi connectivity index (χ0v) is 18.4. The highest BCUT2D eigenvalue weighted by Crippen LogP contribution is 2.72. The summed E-state index contributed by atoms with van der Waals surface area (Å²) in [6, 6.07) is 2.11. The predicted octanol–water partition coefficient (Wildman–Crippen LogP) is 2.35. The van der Waals surface area contributed by atoms with Gasteiger partial charge < -0.3 is 30.5 Å². The van der Waals surface area contributed by atoms with Crippen molar-refractivity contribution in [3.8, 4) is 11.5 Å². The average molecular weight is 457 g/mol. The van der Waals surface area contributed by atoms with E-state index in [2.05, 4.69) is 5.32 Å².